The number of nitrogens with zero attached hydrogens (tertiary/aromatic N) is 1. The van der Waals surface area contributed by atoms with E-state index < -0.39 is 6.04 Å². The number of anilines is 1. The predicted molar refractivity (Wildman–Crippen MR) is 102 cm³/mol. The number of halogens is 3. The summed E-state index contributed by atoms with van der Waals surface area (Å²) in [5.41, 5.74) is 6.60. The Morgan fingerprint density at radius 3 is 2.62 bits per heavy atom. The molecule has 0 saturated carbocycles. The van der Waals surface area contributed by atoms with E-state index in [9.17, 15) is 9.18 Å². The van der Waals surface area contributed by atoms with Crippen LogP contribution in [0.25, 0.3) is 0 Å². The number of carbonyl (C=O) groups excluding carboxylic acids is 1. The van der Waals surface area contributed by atoms with Crippen molar-refractivity contribution in [2.24, 2.45) is 11.1 Å². The third-order valence-electron chi connectivity index (χ3n) is 4.16. The van der Waals surface area contributed by atoms with Crippen LogP contribution in [0.1, 0.15) is 33.6 Å². The molecule has 2 rings (SSSR count). The highest BCUT2D eigenvalue weighted by Crippen LogP contribution is 2.22. The molecule has 0 spiro atoms. The highest BCUT2D eigenvalue weighted by molar-refractivity contribution is 5.85. The van der Waals surface area contributed by atoms with Gasteiger partial charge in [-0.3, -0.25) is 4.79 Å². The summed E-state index contributed by atoms with van der Waals surface area (Å²) in [5.74, 6) is -0.350. The molecular weight excluding hydrogens is 352 g/mol. The largest absolute Gasteiger partial charge is 0.369 e. The van der Waals surface area contributed by atoms with Gasteiger partial charge in [-0.1, -0.05) is 26.8 Å². The maximum absolute atomic E-state index is 13.4. The molecular formula is C17H28Cl2FN3O. The molecule has 24 heavy (non-hydrogen) atoms. The van der Waals surface area contributed by atoms with Crippen LogP contribution in [-0.4, -0.2) is 31.1 Å². The normalized spacial score (nSPS) is 18.9. The van der Waals surface area contributed by atoms with Crippen LogP contribution >= 0.6 is 24.8 Å². The van der Waals surface area contributed by atoms with E-state index >= 15 is 0 Å². The molecule has 0 aromatic heterocycles. The van der Waals surface area contributed by atoms with Crippen molar-refractivity contribution in [1.29, 1.82) is 0 Å². The summed E-state index contributed by atoms with van der Waals surface area (Å²) in [7, 11) is 0. The molecule has 1 unspecified atom stereocenters. The van der Waals surface area contributed by atoms with Gasteiger partial charge in [0.25, 0.3) is 0 Å². The minimum atomic E-state index is -0.531. The van der Waals surface area contributed by atoms with Gasteiger partial charge in [-0.05, 0) is 36.5 Å². The van der Waals surface area contributed by atoms with E-state index in [1.165, 1.54) is 12.1 Å². The molecule has 1 amide bonds. The lowest BCUT2D eigenvalue weighted by Gasteiger charge is -2.36. The second kappa shape index (κ2) is 9.44. The van der Waals surface area contributed by atoms with Crippen LogP contribution in [0, 0.1) is 11.2 Å². The van der Waals surface area contributed by atoms with Gasteiger partial charge in [0, 0.05) is 24.8 Å². The van der Waals surface area contributed by atoms with Gasteiger partial charge in [0.1, 0.15) is 5.82 Å². The Hall–Kier alpha value is -1.04. The predicted octanol–water partition coefficient (Wildman–Crippen LogP) is 3.13. The number of hydrogen-bond donors (Lipinski definition) is 2. The number of benzene rings is 1. The van der Waals surface area contributed by atoms with Crippen molar-refractivity contribution in [3.8, 4) is 0 Å². The van der Waals surface area contributed by atoms with E-state index in [0.29, 0.717) is 6.54 Å². The number of nitrogens with one attached hydrogen (secondary N) is 1. The van der Waals surface area contributed by atoms with Crippen LogP contribution in [0.3, 0.4) is 0 Å². The zero-order valence-corrected chi connectivity index (χ0v) is 16.1. The summed E-state index contributed by atoms with van der Waals surface area (Å²) >= 11 is 0. The van der Waals surface area contributed by atoms with Gasteiger partial charge in [0.05, 0.1) is 6.04 Å². The minimum Gasteiger partial charge on any atom is -0.369 e. The van der Waals surface area contributed by atoms with Crippen molar-refractivity contribution in [2.45, 2.75) is 45.7 Å². The molecule has 7 heteroatoms. The third kappa shape index (κ3) is 6.11. The minimum absolute atomic E-state index is 0. The average molecular weight is 380 g/mol. The van der Waals surface area contributed by atoms with Crippen LogP contribution in [0.5, 0.6) is 0 Å². The lowest BCUT2D eigenvalue weighted by molar-refractivity contribution is -0.125. The molecule has 0 radical (unpaired) electrons. The summed E-state index contributed by atoms with van der Waals surface area (Å²) in [6.07, 6.45) is 1.89. The van der Waals surface area contributed by atoms with Gasteiger partial charge < -0.3 is 16.0 Å². The lowest BCUT2D eigenvalue weighted by atomic mass is 9.86. The van der Waals surface area contributed by atoms with Crippen LogP contribution in [0.2, 0.25) is 0 Å². The van der Waals surface area contributed by atoms with Crippen LogP contribution in [-0.2, 0) is 4.79 Å². The quantitative estimate of drug-likeness (QED) is 0.847. The molecule has 1 fully saturated rings. The highest BCUT2D eigenvalue weighted by Gasteiger charge is 2.30. The van der Waals surface area contributed by atoms with Crippen molar-refractivity contribution in [1.82, 2.24) is 5.32 Å². The Morgan fingerprint density at radius 1 is 1.38 bits per heavy atom. The van der Waals surface area contributed by atoms with Gasteiger partial charge in [0.2, 0.25) is 5.91 Å². The van der Waals surface area contributed by atoms with E-state index in [1.807, 2.05) is 26.8 Å². The Balaban J connectivity index is 0.00000264. The van der Waals surface area contributed by atoms with Crippen molar-refractivity contribution >= 4 is 36.4 Å². The van der Waals surface area contributed by atoms with Gasteiger partial charge in [0.15, 0.2) is 0 Å². The Kier molecular flexibility index (Phi) is 9.04. The van der Waals surface area contributed by atoms with Crippen LogP contribution < -0.4 is 16.0 Å². The fourth-order valence-corrected chi connectivity index (χ4v) is 2.69. The molecule has 138 valence electrons. The second-order valence-corrected chi connectivity index (χ2v) is 7.12. The van der Waals surface area contributed by atoms with Crippen molar-refractivity contribution in [3.63, 3.8) is 0 Å². The smallest absolute Gasteiger partial charge is 0.237 e. The molecule has 1 aromatic carbocycles. The summed E-state index contributed by atoms with van der Waals surface area (Å²) < 4.78 is 13.4. The number of nitrogens with two attached hydrogens (primary N) is 1. The first-order valence-corrected chi connectivity index (χ1v) is 7.84. The fraction of sp³-hybridized carbons (Fsp3) is 0.588. The van der Waals surface area contributed by atoms with E-state index in [0.717, 1.165) is 25.1 Å². The van der Waals surface area contributed by atoms with Crippen molar-refractivity contribution < 1.29 is 9.18 Å². The van der Waals surface area contributed by atoms with E-state index in [4.69, 9.17) is 5.73 Å². The second-order valence-electron chi connectivity index (χ2n) is 7.12. The molecule has 3 N–H and O–H groups in total. The van der Waals surface area contributed by atoms with Gasteiger partial charge >= 0.3 is 0 Å². The average Bonchev–Trinajstić information content (AvgIpc) is 2.45. The summed E-state index contributed by atoms with van der Waals surface area (Å²) in [4.78, 5) is 14.4. The molecule has 0 bridgehead atoms. The molecule has 2 atom stereocenters. The summed E-state index contributed by atoms with van der Waals surface area (Å²) in [5, 5.41) is 3.04. The highest BCUT2D eigenvalue weighted by atomic mass is 35.5. The number of hydrogen-bond acceptors (Lipinski definition) is 3. The molecule has 1 saturated heterocycles. The standard InChI is InChI=1S/C17H26FN3O.2ClH/c1-17(2,3)15(19)16(22)20-13-7-5-9-21(11-13)14-8-4-6-12(18)10-14;;/h4,6,8,10,13,15H,5,7,9,11,19H2,1-3H3,(H,20,22);2*1H/t13?,15-;;/m1../s1. The van der Waals surface area contributed by atoms with E-state index in [2.05, 4.69) is 10.2 Å². The molecule has 1 aliphatic heterocycles. The first-order valence-electron chi connectivity index (χ1n) is 7.84. The SMILES string of the molecule is CC(C)(C)[C@H](N)C(=O)NC1CCCN(c2cccc(F)c2)C1.Cl.Cl. The van der Waals surface area contributed by atoms with E-state index in [-0.39, 0.29) is 48.0 Å². The number of carbonyl (C=O) groups is 1. The van der Waals surface area contributed by atoms with Crippen LogP contribution in [0.4, 0.5) is 10.1 Å². The van der Waals surface area contributed by atoms with Crippen LogP contribution in [0.15, 0.2) is 24.3 Å². The van der Waals surface area contributed by atoms with Gasteiger partial charge in [-0.25, -0.2) is 4.39 Å². The molecule has 0 aliphatic carbocycles. The molecule has 1 aliphatic rings. The summed E-state index contributed by atoms with van der Waals surface area (Å²) in [6, 6.07) is 6.10. The van der Waals surface area contributed by atoms with Gasteiger partial charge in [-0.2, -0.15) is 0 Å². The molecule has 4 nitrogen and oxygen atoms in total. The number of amides is 1. The maximum atomic E-state index is 13.4. The summed E-state index contributed by atoms with van der Waals surface area (Å²) in [6.45, 7) is 7.43. The number of rotatable bonds is 3. The Bertz CT molecular complexity index is 537. The first kappa shape index (κ1) is 23.0. The number of piperidine rings is 1. The third-order valence-corrected chi connectivity index (χ3v) is 4.16. The topological polar surface area (TPSA) is 58.4 Å². The lowest BCUT2D eigenvalue weighted by Crippen LogP contribution is -2.55. The first-order chi connectivity index (χ1) is 10.3. The Morgan fingerprint density at radius 2 is 2.04 bits per heavy atom. The Labute approximate surface area is 156 Å². The monoisotopic (exact) mass is 379 g/mol. The van der Waals surface area contributed by atoms with Gasteiger partial charge in [-0.15, -0.1) is 24.8 Å². The zero-order valence-electron chi connectivity index (χ0n) is 14.4. The van der Waals surface area contributed by atoms with Crippen molar-refractivity contribution in [3.05, 3.63) is 30.1 Å². The van der Waals surface area contributed by atoms with Crippen molar-refractivity contribution in [2.75, 3.05) is 18.0 Å². The maximum Gasteiger partial charge on any atom is 0.237 e. The molecule has 1 heterocycles. The fourth-order valence-electron chi connectivity index (χ4n) is 2.69. The van der Waals surface area contributed by atoms with E-state index in [1.54, 1.807) is 6.07 Å². The molecule has 1 aromatic rings. The zero-order chi connectivity index (χ0) is 16.3.